The summed E-state index contributed by atoms with van der Waals surface area (Å²) in [6, 6.07) is 60.5. The molecule has 60 heavy (non-hydrogen) atoms. The second-order valence-corrected chi connectivity index (χ2v) is 16.0. The van der Waals surface area contributed by atoms with Crippen molar-refractivity contribution < 1.29 is 4.42 Å². The molecule has 5 heteroatoms. The molecular formula is C55H35N3O2. The van der Waals surface area contributed by atoms with Crippen LogP contribution in [0.2, 0.25) is 0 Å². The van der Waals surface area contributed by atoms with Gasteiger partial charge in [-0.2, -0.15) is 0 Å². The molecule has 0 bridgehead atoms. The highest BCUT2D eigenvalue weighted by Crippen LogP contribution is 2.42. The Morgan fingerprint density at radius 3 is 1.70 bits per heavy atom. The van der Waals surface area contributed by atoms with Crippen molar-refractivity contribution in [3.63, 3.8) is 0 Å². The van der Waals surface area contributed by atoms with Crippen LogP contribution in [-0.2, 0) is 0 Å². The van der Waals surface area contributed by atoms with E-state index in [-0.39, 0.29) is 5.63 Å². The van der Waals surface area contributed by atoms with E-state index in [0.29, 0.717) is 11.0 Å². The number of rotatable bonds is 4. The summed E-state index contributed by atoms with van der Waals surface area (Å²) in [6.45, 7) is 0. The maximum absolute atomic E-state index is 13.7. The Balaban J connectivity index is 1.08. The van der Waals surface area contributed by atoms with Gasteiger partial charge >= 0.3 is 5.63 Å². The van der Waals surface area contributed by atoms with Gasteiger partial charge in [0.1, 0.15) is 5.58 Å². The van der Waals surface area contributed by atoms with E-state index >= 15 is 0 Å². The lowest BCUT2D eigenvalue weighted by atomic mass is 9.99. The van der Waals surface area contributed by atoms with Crippen LogP contribution in [0.25, 0.3) is 115 Å². The molecule has 0 spiro atoms. The van der Waals surface area contributed by atoms with E-state index in [1.54, 1.807) is 0 Å². The van der Waals surface area contributed by atoms with E-state index in [0.717, 1.165) is 67.9 Å². The van der Waals surface area contributed by atoms with E-state index in [2.05, 4.69) is 171 Å². The molecule has 0 fully saturated rings. The SMILES string of the molecule is O=c1oc2ccccc2c2cc3c4cc(-c5ccc6c(c5)c5ccccc5n6-c5ccccc5)ccc4n(-c4ccc5c(c4)c4ccccc4n5C4=CC=CCC4)c3cc12. The first-order chi connectivity index (χ1) is 29.7. The van der Waals surface area contributed by atoms with Crippen LogP contribution in [0, 0.1) is 0 Å². The van der Waals surface area contributed by atoms with Gasteiger partial charge in [-0.25, -0.2) is 4.79 Å². The molecule has 12 aromatic rings. The molecule has 0 saturated heterocycles. The molecule has 0 radical (unpaired) electrons. The van der Waals surface area contributed by atoms with Gasteiger partial charge in [-0.15, -0.1) is 0 Å². The van der Waals surface area contributed by atoms with Crippen molar-refractivity contribution in [2.45, 2.75) is 12.8 Å². The van der Waals surface area contributed by atoms with Gasteiger partial charge in [0.25, 0.3) is 0 Å². The highest BCUT2D eigenvalue weighted by Gasteiger charge is 2.21. The standard InChI is InChI=1S/C55H35N3O2/c59-55-47-33-53-46(32-42(47)41-19-9-12-22-54(41)60-55)44-30-35(34-23-26-50-43(29-34)39-17-7-10-20-48(39)56(50)36-13-3-1-4-14-36)24-27-51(44)58(53)38-25-28-52-45(31-38)40-18-8-11-21-49(40)57(52)37-15-5-2-6-16-37/h1-5,7-15,17-33H,6,16H2. The third kappa shape index (κ3) is 4.71. The molecule has 0 saturated carbocycles. The molecule has 0 unspecified atom stereocenters. The van der Waals surface area contributed by atoms with Crippen molar-refractivity contribution >= 4 is 92.9 Å². The Morgan fingerprint density at radius 2 is 0.967 bits per heavy atom. The van der Waals surface area contributed by atoms with Crippen molar-refractivity contribution in [1.82, 2.24) is 13.7 Å². The van der Waals surface area contributed by atoms with Crippen molar-refractivity contribution in [3.05, 3.63) is 199 Å². The lowest BCUT2D eigenvalue weighted by molar-refractivity contribution is 0.570. The number of aromatic nitrogens is 3. The maximum atomic E-state index is 13.7. The second-order valence-electron chi connectivity index (χ2n) is 16.0. The van der Waals surface area contributed by atoms with E-state index in [9.17, 15) is 4.79 Å². The van der Waals surface area contributed by atoms with E-state index in [1.807, 2.05) is 30.3 Å². The fraction of sp³-hybridized carbons (Fsp3) is 0.0364. The maximum Gasteiger partial charge on any atom is 0.344 e. The van der Waals surface area contributed by atoms with Crippen LogP contribution in [0.15, 0.2) is 197 Å². The van der Waals surface area contributed by atoms with Gasteiger partial charge in [0, 0.05) is 60.2 Å². The van der Waals surface area contributed by atoms with Crippen LogP contribution >= 0.6 is 0 Å². The van der Waals surface area contributed by atoms with Crippen molar-refractivity contribution in [2.75, 3.05) is 0 Å². The second kappa shape index (κ2) is 12.6. The van der Waals surface area contributed by atoms with Gasteiger partial charge in [-0.1, -0.05) is 97.1 Å². The summed E-state index contributed by atoms with van der Waals surface area (Å²) in [5.41, 5.74) is 12.8. The number of allylic oxidation sites excluding steroid dienone is 4. The molecule has 1 aliphatic rings. The number of hydrogen-bond donors (Lipinski definition) is 0. The number of fused-ring (bicyclic) bond motifs is 12. The lowest BCUT2D eigenvalue weighted by Gasteiger charge is -2.14. The first-order valence-corrected chi connectivity index (χ1v) is 20.6. The molecule has 0 atom stereocenters. The molecule has 1 aliphatic carbocycles. The predicted molar refractivity (Wildman–Crippen MR) is 250 cm³/mol. The van der Waals surface area contributed by atoms with Gasteiger partial charge in [0.05, 0.1) is 38.5 Å². The largest absolute Gasteiger partial charge is 0.422 e. The number of hydrogen-bond acceptors (Lipinski definition) is 2. The summed E-state index contributed by atoms with van der Waals surface area (Å²) in [4.78, 5) is 13.7. The Bertz CT molecular complexity index is 3910. The molecule has 4 heterocycles. The van der Waals surface area contributed by atoms with Crippen LogP contribution in [0.1, 0.15) is 12.8 Å². The summed E-state index contributed by atoms with van der Waals surface area (Å²) in [7, 11) is 0. The molecule has 0 aliphatic heterocycles. The van der Waals surface area contributed by atoms with E-state index in [4.69, 9.17) is 4.42 Å². The van der Waals surface area contributed by atoms with Crippen LogP contribution in [0.3, 0.4) is 0 Å². The predicted octanol–water partition coefficient (Wildman–Crippen LogP) is 14.1. The zero-order valence-electron chi connectivity index (χ0n) is 32.5. The van der Waals surface area contributed by atoms with Crippen LogP contribution in [-0.4, -0.2) is 13.7 Å². The van der Waals surface area contributed by atoms with E-state index < -0.39 is 0 Å². The van der Waals surface area contributed by atoms with Gasteiger partial charge < -0.3 is 18.1 Å². The molecule has 0 N–H and O–H groups in total. The zero-order chi connectivity index (χ0) is 39.5. The third-order valence-corrected chi connectivity index (χ3v) is 12.7. The first kappa shape index (κ1) is 33.1. The summed E-state index contributed by atoms with van der Waals surface area (Å²) >= 11 is 0. The van der Waals surface area contributed by atoms with Crippen molar-refractivity contribution in [1.29, 1.82) is 0 Å². The van der Waals surface area contributed by atoms with Crippen LogP contribution in [0.4, 0.5) is 0 Å². The summed E-state index contributed by atoms with van der Waals surface area (Å²) in [5, 5.41) is 9.44. The quantitative estimate of drug-likeness (QED) is 0.132. The number of nitrogens with zero attached hydrogens (tertiary/aromatic N) is 3. The van der Waals surface area contributed by atoms with Gasteiger partial charge in [0.2, 0.25) is 0 Å². The molecule has 13 rings (SSSR count). The smallest absolute Gasteiger partial charge is 0.344 e. The summed E-state index contributed by atoms with van der Waals surface area (Å²) in [6.07, 6.45) is 8.68. The number of benzene rings is 8. The Labute approximate surface area is 343 Å². The number of para-hydroxylation sites is 4. The van der Waals surface area contributed by atoms with E-state index in [1.165, 1.54) is 49.3 Å². The summed E-state index contributed by atoms with van der Waals surface area (Å²) in [5.74, 6) is 0. The van der Waals surface area contributed by atoms with Gasteiger partial charge in [0.15, 0.2) is 0 Å². The fourth-order valence-corrected chi connectivity index (χ4v) is 10.0. The molecule has 5 nitrogen and oxygen atoms in total. The highest BCUT2D eigenvalue weighted by atomic mass is 16.4. The lowest BCUT2D eigenvalue weighted by Crippen LogP contribution is -2.01. The normalized spacial score (nSPS) is 13.3. The Kier molecular flexibility index (Phi) is 6.93. The molecular weight excluding hydrogens is 735 g/mol. The van der Waals surface area contributed by atoms with Crippen LogP contribution in [0.5, 0.6) is 0 Å². The van der Waals surface area contributed by atoms with Gasteiger partial charge in [-0.05, 0) is 115 Å². The zero-order valence-corrected chi connectivity index (χ0v) is 32.5. The third-order valence-electron chi connectivity index (χ3n) is 12.7. The van der Waals surface area contributed by atoms with Crippen LogP contribution < -0.4 is 5.63 Å². The van der Waals surface area contributed by atoms with Gasteiger partial charge in [-0.3, -0.25) is 0 Å². The minimum absolute atomic E-state index is 0.334. The Hall–Kier alpha value is -7.89. The van der Waals surface area contributed by atoms with Crippen molar-refractivity contribution in [3.8, 4) is 22.5 Å². The average molecular weight is 770 g/mol. The minimum atomic E-state index is -0.334. The topological polar surface area (TPSA) is 45.0 Å². The monoisotopic (exact) mass is 769 g/mol. The molecule has 282 valence electrons. The molecule has 0 amide bonds. The van der Waals surface area contributed by atoms with Crippen molar-refractivity contribution in [2.24, 2.45) is 0 Å². The highest BCUT2D eigenvalue weighted by molar-refractivity contribution is 6.19. The molecule has 8 aromatic carbocycles. The Morgan fingerprint density at radius 1 is 0.400 bits per heavy atom. The average Bonchev–Trinajstić information content (AvgIpc) is 3.93. The summed E-state index contributed by atoms with van der Waals surface area (Å²) < 4.78 is 13.0. The minimum Gasteiger partial charge on any atom is -0.422 e. The first-order valence-electron chi connectivity index (χ1n) is 20.6. The molecule has 4 aromatic heterocycles. The fourth-order valence-electron chi connectivity index (χ4n) is 10.0.